The maximum atomic E-state index is 12.6. The first-order valence-electron chi connectivity index (χ1n) is 8.63. The number of carbonyl (C=O) groups is 1. The average molecular weight is 403 g/mol. The molecule has 1 aromatic carbocycles. The van der Waals surface area contributed by atoms with Crippen LogP contribution in [0.4, 0.5) is 13.2 Å². The molecule has 0 saturated carbocycles. The van der Waals surface area contributed by atoms with Crippen LogP contribution in [0.5, 0.6) is 0 Å². The van der Waals surface area contributed by atoms with Crippen LogP contribution in [-0.4, -0.2) is 26.1 Å². The first kappa shape index (κ1) is 20.2. The number of alkyl halides is 3. The Hall–Kier alpha value is -3.56. The molecule has 0 atom stereocenters. The number of hydrogen-bond donors (Lipinski definition) is 2. The topological polar surface area (TPSA) is 101 Å². The second-order valence-electron chi connectivity index (χ2n) is 6.12. The van der Waals surface area contributed by atoms with E-state index in [9.17, 15) is 22.8 Å². The highest BCUT2D eigenvalue weighted by Crippen LogP contribution is 2.30. The number of pyridine rings is 1. The second-order valence-corrected chi connectivity index (χ2v) is 6.12. The summed E-state index contributed by atoms with van der Waals surface area (Å²) in [5.74, 6) is -0.226. The number of benzene rings is 1. The highest BCUT2D eigenvalue weighted by molar-refractivity contribution is 5.76. The highest BCUT2D eigenvalue weighted by atomic mass is 19.4. The van der Waals surface area contributed by atoms with Crippen molar-refractivity contribution in [3.63, 3.8) is 0 Å². The summed E-state index contributed by atoms with van der Waals surface area (Å²) in [6.45, 7) is 0.272. The molecular formula is C19H16F3N5O2. The summed E-state index contributed by atoms with van der Waals surface area (Å²) in [5.41, 5.74) is -0.285. The SMILES string of the molecule is O=C(CCc1nnc(-c2ccc(C(F)(F)F)cc2)[nH]c1=O)NCc1ccccn1. The number of aromatic nitrogens is 4. The summed E-state index contributed by atoms with van der Waals surface area (Å²) in [5, 5.41) is 10.3. The molecule has 0 radical (unpaired) electrons. The van der Waals surface area contributed by atoms with Crippen molar-refractivity contribution in [1.29, 1.82) is 0 Å². The Morgan fingerprint density at radius 3 is 2.45 bits per heavy atom. The van der Waals surface area contributed by atoms with Gasteiger partial charge in [0.25, 0.3) is 5.56 Å². The summed E-state index contributed by atoms with van der Waals surface area (Å²) in [6.07, 6.45) is -2.72. The molecule has 3 rings (SSSR count). The summed E-state index contributed by atoms with van der Waals surface area (Å²) >= 11 is 0. The third-order valence-corrected chi connectivity index (χ3v) is 4.03. The standard InChI is InChI=1S/C19H16F3N5O2/c20-19(21,22)13-6-4-12(5-7-13)17-25-18(29)15(26-27-17)8-9-16(28)24-11-14-3-1-2-10-23-14/h1-7,10H,8-9,11H2,(H,24,28)(H,25,27,29). The van der Waals surface area contributed by atoms with Crippen LogP contribution in [-0.2, 0) is 23.9 Å². The van der Waals surface area contributed by atoms with Gasteiger partial charge in [0.15, 0.2) is 5.82 Å². The lowest BCUT2D eigenvalue weighted by molar-refractivity contribution is -0.137. The fourth-order valence-electron chi connectivity index (χ4n) is 2.48. The predicted molar refractivity (Wildman–Crippen MR) is 97.5 cm³/mol. The zero-order valence-electron chi connectivity index (χ0n) is 15.0. The number of aromatic amines is 1. The molecule has 150 valence electrons. The van der Waals surface area contributed by atoms with Gasteiger partial charge in [-0.05, 0) is 24.3 Å². The average Bonchev–Trinajstić information content (AvgIpc) is 2.71. The van der Waals surface area contributed by atoms with Crippen molar-refractivity contribution in [1.82, 2.24) is 25.5 Å². The third-order valence-electron chi connectivity index (χ3n) is 4.03. The van der Waals surface area contributed by atoms with E-state index in [0.717, 1.165) is 12.1 Å². The number of H-pyrrole nitrogens is 1. The molecule has 0 unspecified atom stereocenters. The quantitative estimate of drug-likeness (QED) is 0.659. The van der Waals surface area contributed by atoms with Gasteiger partial charge in [-0.15, -0.1) is 10.2 Å². The largest absolute Gasteiger partial charge is 0.416 e. The Morgan fingerprint density at radius 2 is 1.83 bits per heavy atom. The van der Waals surface area contributed by atoms with E-state index < -0.39 is 17.3 Å². The van der Waals surface area contributed by atoms with E-state index in [-0.39, 0.29) is 36.8 Å². The molecule has 1 amide bonds. The Morgan fingerprint density at radius 1 is 1.07 bits per heavy atom. The number of nitrogens with one attached hydrogen (secondary N) is 2. The molecule has 2 heterocycles. The summed E-state index contributed by atoms with van der Waals surface area (Å²) in [4.78, 5) is 30.6. The van der Waals surface area contributed by atoms with Gasteiger partial charge in [0.2, 0.25) is 5.91 Å². The maximum absolute atomic E-state index is 12.6. The Balaban J connectivity index is 1.59. The van der Waals surface area contributed by atoms with E-state index in [2.05, 4.69) is 25.5 Å². The van der Waals surface area contributed by atoms with Crippen molar-refractivity contribution in [2.45, 2.75) is 25.6 Å². The molecule has 2 N–H and O–H groups in total. The monoisotopic (exact) mass is 403 g/mol. The molecule has 2 aromatic heterocycles. The lowest BCUT2D eigenvalue weighted by Crippen LogP contribution is -2.25. The fourth-order valence-corrected chi connectivity index (χ4v) is 2.48. The lowest BCUT2D eigenvalue weighted by atomic mass is 10.1. The number of halogens is 3. The summed E-state index contributed by atoms with van der Waals surface area (Å²) in [6, 6.07) is 9.55. The van der Waals surface area contributed by atoms with Gasteiger partial charge >= 0.3 is 6.18 Å². The van der Waals surface area contributed by atoms with Gasteiger partial charge in [-0.2, -0.15) is 13.2 Å². The number of amides is 1. The Kier molecular flexibility index (Phi) is 6.01. The van der Waals surface area contributed by atoms with Crippen LogP contribution in [0, 0.1) is 0 Å². The molecule has 7 nitrogen and oxygen atoms in total. The Labute approximate surface area is 163 Å². The van der Waals surface area contributed by atoms with Crippen LogP contribution in [0.3, 0.4) is 0 Å². The Bertz CT molecular complexity index is 1030. The van der Waals surface area contributed by atoms with Crippen molar-refractivity contribution in [3.8, 4) is 11.4 Å². The van der Waals surface area contributed by atoms with Crippen molar-refractivity contribution in [2.75, 3.05) is 0 Å². The van der Waals surface area contributed by atoms with E-state index in [0.29, 0.717) is 11.3 Å². The number of aryl methyl sites for hydroxylation is 1. The van der Waals surface area contributed by atoms with Crippen LogP contribution in [0.1, 0.15) is 23.4 Å². The van der Waals surface area contributed by atoms with Gasteiger partial charge in [0.1, 0.15) is 5.69 Å². The van der Waals surface area contributed by atoms with Crippen LogP contribution in [0.2, 0.25) is 0 Å². The number of hydrogen-bond acceptors (Lipinski definition) is 5. The van der Waals surface area contributed by atoms with Gasteiger partial charge in [0, 0.05) is 24.6 Å². The van der Waals surface area contributed by atoms with E-state index in [1.54, 1.807) is 18.3 Å². The van der Waals surface area contributed by atoms with Crippen LogP contribution < -0.4 is 10.9 Å². The fraction of sp³-hybridized carbons (Fsp3) is 0.211. The number of rotatable bonds is 6. The summed E-state index contributed by atoms with van der Waals surface area (Å²) in [7, 11) is 0. The molecular weight excluding hydrogens is 387 g/mol. The minimum absolute atomic E-state index is 0.0320. The molecule has 29 heavy (non-hydrogen) atoms. The number of carbonyl (C=O) groups excluding carboxylic acids is 1. The molecule has 0 bridgehead atoms. The maximum Gasteiger partial charge on any atom is 0.416 e. The zero-order chi connectivity index (χ0) is 20.9. The minimum Gasteiger partial charge on any atom is -0.350 e. The minimum atomic E-state index is -4.45. The van der Waals surface area contributed by atoms with Gasteiger partial charge in [-0.3, -0.25) is 14.6 Å². The van der Waals surface area contributed by atoms with Gasteiger partial charge < -0.3 is 10.3 Å². The van der Waals surface area contributed by atoms with Crippen LogP contribution in [0.15, 0.2) is 53.5 Å². The van der Waals surface area contributed by atoms with Crippen molar-refractivity contribution >= 4 is 5.91 Å². The van der Waals surface area contributed by atoms with E-state index >= 15 is 0 Å². The molecule has 10 heteroatoms. The van der Waals surface area contributed by atoms with Gasteiger partial charge in [0.05, 0.1) is 17.8 Å². The van der Waals surface area contributed by atoms with E-state index in [4.69, 9.17) is 0 Å². The van der Waals surface area contributed by atoms with Crippen LogP contribution in [0.25, 0.3) is 11.4 Å². The molecule has 0 fully saturated rings. The number of nitrogens with zero attached hydrogens (tertiary/aromatic N) is 3. The molecule has 0 spiro atoms. The summed E-state index contributed by atoms with van der Waals surface area (Å²) < 4.78 is 37.9. The smallest absolute Gasteiger partial charge is 0.350 e. The zero-order valence-corrected chi connectivity index (χ0v) is 15.0. The highest BCUT2D eigenvalue weighted by Gasteiger charge is 2.30. The van der Waals surface area contributed by atoms with Crippen LogP contribution >= 0.6 is 0 Å². The molecule has 0 saturated heterocycles. The van der Waals surface area contributed by atoms with E-state index in [1.807, 2.05) is 6.07 Å². The normalized spacial score (nSPS) is 11.3. The predicted octanol–water partition coefficient (Wildman–Crippen LogP) is 2.49. The van der Waals surface area contributed by atoms with Gasteiger partial charge in [-0.25, -0.2) is 0 Å². The third kappa shape index (κ3) is 5.47. The molecule has 0 aliphatic carbocycles. The van der Waals surface area contributed by atoms with Crippen molar-refractivity contribution in [2.24, 2.45) is 0 Å². The van der Waals surface area contributed by atoms with Gasteiger partial charge in [-0.1, -0.05) is 18.2 Å². The van der Waals surface area contributed by atoms with Crippen molar-refractivity contribution < 1.29 is 18.0 Å². The van der Waals surface area contributed by atoms with Crippen molar-refractivity contribution in [3.05, 3.63) is 76.0 Å². The first-order chi connectivity index (χ1) is 13.8. The molecule has 0 aliphatic heterocycles. The molecule has 3 aromatic rings. The molecule has 0 aliphatic rings. The lowest BCUT2D eigenvalue weighted by Gasteiger charge is -2.07. The van der Waals surface area contributed by atoms with E-state index in [1.165, 1.54) is 12.1 Å². The first-order valence-corrected chi connectivity index (χ1v) is 8.63. The second kappa shape index (κ2) is 8.63.